The van der Waals surface area contributed by atoms with Gasteiger partial charge in [0.05, 0.1) is 24.2 Å². The lowest BCUT2D eigenvalue weighted by Crippen LogP contribution is -2.53. The van der Waals surface area contributed by atoms with E-state index in [2.05, 4.69) is 43.2 Å². The quantitative estimate of drug-likeness (QED) is 0.193. The van der Waals surface area contributed by atoms with E-state index in [1.165, 1.54) is 24.0 Å². The number of aromatic nitrogens is 1. The molecule has 2 N–H and O–H groups in total. The van der Waals surface area contributed by atoms with Gasteiger partial charge in [-0.1, -0.05) is 87.5 Å². The minimum atomic E-state index is -1.30. The van der Waals surface area contributed by atoms with Crippen molar-refractivity contribution in [1.82, 2.24) is 15.2 Å². The van der Waals surface area contributed by atoms with Gasteiger partial charge in [0.15, 0.2) is 11.6 Å². The van der Waals surface area contributed by atoms with Crippen LogP contribution in [0.1, 0.15) is 78.8 Å². The van der Waals surface area contributed by atoms with Crippen LogP contribution >= 0.6 is 0 Å². The molecule has 6 rings (SSSR count). The molecule has 1 aliphatic carbocycles. The molecule has 0 radical (unpaired) electrons. The summed E-state index contributed by atoms with van der Waals surface area (Å²) in [6.07, 6.45) is 2.89. The maximum atomic E-state index is 14.9. The molecule has 55 heavy (non-hydrogen) atoms. The fourth-order valence-electron chi connectivity index (χ4n) is 6.91. The van der Waals surface area contributed by atoms with Crippen molar-refractivity contribution in [3.8, 4) is 5.75 Å². The SMILES string of the molecule is CC(=O)N1CC=CCOc2cc(ccc2F)C[C@@H]([C@H](O)CN(C(=O)OCc2ccccc2)C2(c3cccc(C(C)(C)C)c3)CC2)NC(=O)c2cc(C)nc1c2. The summed E-state index contributed by atoms with van der Waals surface area (Å²) in [5.41, 5.74) is 3.35. The average molecular weight is 749 g/mol. The standard InChI is InChI=1S/C44H49FN4O6/c1-29-22-33-25-40(46-29)48(30(2)50)20-9-10-21-54-39-24-32(16-17-36(39)45)23-37(47-41(33)52)38(51)27-49(42(53)55-28-31-12-7-6-8-13-31)44(18-19-44)35-15-11-14-34(26-35)43(3,4)5/h6-17,22,24-26,37-38,51H,18-21,23,27-28H2,1-5H3,(H,47,52)/t37-,38+/m0/s1. The van der Waals surface area contributed by atoms with E-state index in [4.69, 9.17) is 9.47 Å². The van der Waals surface area contributed by atoms with E-state index in [0.717, 1.165) is 16.7 Å². The molecule has 4 bridgehead atoms. The number of aliphatic hydroxyl groups excluding tert-OH is 1. The number of aliphatic hydroxyl groups is 1. The number of hydrogen-bond donors (Lipinski definition) is 2. The van der Waals surface area contributed by atoms with Crippen molar-refractivity contribution in [1.29, 1.82) is 0 Å². The summed E-state index contributed by atoms with van der Waals surface area (Å²) < 4.78 is 26.6. The van der Waals surface area contributed by atoms with Crippen LogP contribution in [0.2, 0.25) is 0 Å². The molecule has 2 heterocycles. The lowest BCUT2D eigenvalue weighted by Gasteiger charge is -2.36. The first-order chi connectivity index (χ1) is 26.2. The van der Waals surface area contributed by atoms with Crippen molar-refractivity contribution < 1.29 is 33.4 Å². The summed E-state index contributed by atoms with van der Waals surface area (Å²) >= 11 is 0. The van der Waals surface area contributed by atoms with Gasteiger partial charge >= 0.3 is 6.09 Å². The number of aryl methyl sites for hydroxylation is 1. The number of benzene rings is 3. The number of carbonyl (C=O) groups is 3. The third kappa shape index (κ3) is 9.40. The molecule has 10 nitrogen and oxygen atoms in total. The Labute approximate surface area is 322 Å². The lowest BCUT2D eigenvalue weighted by molar-refractivity contribution is -0.116. The molecule has 0 saturated heterocycles. The molecule has 0 unspecified atom stereocenters. The van der Waals surface area contributed by atoms with Gasteiger partial charge in [-0.15, -0.1) is 0 Å². The maximum absolute atomic E-state index is 14.9. The number of pyridine rings is 1. The van der Waals surface area contributed by atoms with Gasteiger partial charge in [0.2, 0.25) is 5.91 Å². The van der Waals surface area contributed by atoms with Crippen molar-refractivity contribution in [2.24, 2.45) is 0 Å². The van der Waals surface area contributed by atoms with Gasteiger partial charge < -0.3 is 19.9 Å². The van der Waals surface area contributed by atoms with Crippen LogP contribution in [0.5, 0.6) is 5.75 Å². The summed E-state index contributed by atoms with van der Waals surface area (Å²) in [5.74, 6) is -1.09. The minimum Gasteiger partial charge on any atom is -0.486 e. The molecule has 0 spiro atoms. The van der Waals surface area contributed by atoms with E-state index in [0.29, 0.717) is 24.1 Å². The van der Waals surface area contributed by atoms with Crippen LogP contribution in [0.4, 0.5) is 15.0 Å². The molecule has 1 aromatic heterocycles. The summed E-state index contributed by atoms with van der Waals surface area (Å²) in [7, 11) is 0. The van der Waals surface area contributed by atoms with Crippen LogP contribution < -0.4 is 15.0 Å². The normalized spacial score (nSPS) is 17.4. The third-order valence-corrected chi connectivity index (χ3v) is 10.2. The third-order valence-electron chi connectivity index (χ3n) is 10.2. The first-order valence-electron chi connectivity index (χ1n) is 18.6. The van der Waals surface area contributed by atoms with E-state index < -0.39 is 35.5 Å². The van der Waals surface area contributed by atoms with E-state index in [1.807, 2.05) is 42.5 Å². The number of ether oxygens (including phenoxy) is 2. The Hall–Kier alpha value is -5.55. The van der Waals surface area contributed by atoms with E-state index >= 15 is 0 Å². The van der Waals surface area contributed by atoms with E-state index in [9.17, 15) is 23.9 Å². The number of nitrogens with one attached hydrogen (secondary N) is 1. The van der Waals surface area contributed by atoms with Crippen molar-refractivity contribution >= 4 is 23.7 Å². The Bertz CT molecular complexity index is 2060. The van der Waals surface area contributed by atoms with Crippen molar-refractivity contribution in [3.05, 3.63) is 136 Å². The highest BCUT2D eigenvalue weighted by atomic mass is 19.1. The molecule has 3 amide bonds. The monoisotopic (exact) mass is 748 g/mol. The first kappa shape index (κ1) is 39.2. The fourth-order valence-corrected chi connectivity index (χ4v) is 6.91. The Morgan fingerprint density at radius 2 is 1.82 bits per heavy atom. The minimum absolute atomic E-state index is 0.00141. The Kier molecular flexibility index (Phi) is 11.7. The van der Waals surface area contributed by atoms with Gasteiger partial charge in [0.25, 0.3) is 5.91 Å². The molecule has 2 aliphatic rings. The van der Waals surface area contributed by atoms with Gasteiger partial charge in [-0.05, 0) is 84.2 Å². The Morgan fingerprint density at radius 1 is 1.05 bits per heavy atom. The summed E-state index contributed by atoms with van der Waals surface area (Å²) in [6.45, 7) is 9.59. The predicted octanol–water partition coefficient (Wildman–Crippen LogP) is 7.16. The van der Waals surface area contributed by atoms with Crippen molar-refractivity contribution in [2.75, 3.05) is 24.6 Å². The van der Waals surface area contributed by atoms with Crippen LogP contribution in [-0.4, -0.2) is 64.7 Å². The average Bonchev–Trinajstić information content (AvgIpc) is 3.96. The molecule has 11 heteroatoms. The fraction of sp³-hybridized carbons (Fsp3) is 0.364. The zero-order valence-corrected chi connectivity index (χ0v) is 32.1. The zero-order valence-electron chi connectivity index (χ0n) is 32.1. The number of carbonyl (C=O) groups excluding carboxylic acids is 3. The van der Waals surface area contributed by atoms with E-state index in [-0.39, 0.29) is 61.2 Å². The summed E-state index contributed by atoms with van der Waals surface area (Å²) in [4.78, 5) is 48.5. The molecular weight excluding hydrogens is 700 g/mol. The lowest BCUT2D eigenvalue weighted by atomic mass is 9.85. The highest BCUT2D eigenvalue weighted by molar-refractivity contribution is 5.97. The second kappa shape index (κ2) is 16.4. The molecule has 1 saturated carbocycles. The summed E-state index contributed by atoms with van der Waals surface area (Å²) in [5, 5.41) is 15.2. The molecule has 4 aromatic rings. The number of halogens is 1. The second-order valence-corrected chi connectivity index (χ2v) is 15.4. The summed E-state index contributed by atoms with van der Waals surface area (Å²) in [6, 6.07) is 24.2. The van der Waals surface area contributed by atoms with Gasteiger partial charge in [0.1, 0.15) is 19.0 Å². The van der Waals surface area contributed by atoms with Crippen LogP contribution in [0, 0.1) is 12.7 Å². The maximum Gasteiger partial charge on any atom is 0.410 e. The van der Waals surface area contributed by atoms with Crippen LogP contribution in [-0.2, 0) is 33.5 Å². The number of anilines is 1. The zero-order chi connectivity index (χ0) is 39.3. The van der Waals surface area contributed by atoms with Crippen LogP contribution in [0.25, 0.3) is 0 Å². The highest BCUT2D eigenvalue weighted by Gasteiger charge is 2.53. The smallest absolute Gasteiger partial charge is 0.410 e. The van der Waals surface area contributed by atoms with Crippen molar-refractivity contribution in [3.63, 3.8) is 0 Å². The van der Waals surface area contributed by atoms with Gasteiger partial charge in [-0.2, -0.15) is 0 Å². The Balaban J connectivity index is 1.37. The number of rotatable bonds is 7. The molecule has 1 fully saturated rings. The number of hydrogen-bond acceptors (Lipinski definition) is 7. The predicted molar refractivity (Wildman–Crippen MR) is 208 cm³/mol. The Morgan fingerprint density at radius 3 is 2.53 bits per heavy atom. The second-order valence-electron chi connectivity index (χ2n) is 15.4. The first-order valence-corrected chi connectivity index (χ1v) is 18.6. The van der Waals surface area contributed by atoms with Crippen LogP contribution in [0.3, 0.4) is 0 Å². The van der Waals surface area contributed by atoms with E-state index in [1.54, 1.807) is 42.2 Å². The van der Waals surface area contributed by atoms with Crippen LogP contribution in [0.15, 0.2) is 97.1 Å². The largest absolute Gasteiger partial charge is 0.486 e. The molecule has 288 valence electrons. The molecule has 2 atom stereocenters. The highest BCUT2D eigenvalue weighted by Crippen LogP contribution is 2.52. The van der Waals surface area contributed by atoms with Crippen molar-refractivity contribution in [2.45, 2.75) is 83.6 Å². The molecular formula is C44H49FN4O6. The number of fused-ring (bicyclic) bond motifs is 4. The number of amides is 3. The van der Waals surface area contributed by atoms with Gasteiger partial charge in [0, 0.05) is 24.7 Å². The topological polar surface area (TPSA) is 121 Å². The van der Waals surface area contributed by atoms with Gasteiger partial charge in [-0.3, -0.25) is 19.4 Å². The molecule has 1 aliphatic heterocycles. The number of nitrogens with zero attached hydrogens (tertiary/aromatic N) is 3. The molecule has 3 aromatic carbocycles. The van der Waals surface area contributed by atoms with Gasteiger partial charge in [-0.25, -0.2) is 14.2 Å².